The van der Waals surface area contributed by atoms with Crippen LogP contribution in [0.25, 0.3) is 10.2 Å². The Labute approximate surface area is 164 Å². The molecule has 0 unspecified atom stereocenters. The van der Waals surface area contributed by atoms with Gasteiger partial charge in [0.2, 0.25) is 11.8 Å². The van der Waals surface area contributed by atoms with E-state index in [1.165, 1.54) is 18.7 Å². The number of para-hydroxylation sites is 1. The molecule has 2 N–H and O–H groups in total. The Morgan fingerprint density at radius 2 is 2.00 bits per heavy atom. The molecule has 2 amide bonds. The number of thioether (sulfide) groups is 1. The van der Waals surface area contributed by atoms with Gasteiger partial charge >= 0.3 is 0 Å². The molecule has 3 aromatic rings. The molecule has 0 aliphatic rings. The summed E-state index contributed by atoms with van der Waals surface area (Å²) in [5.41, 5.74) is 2.10. The number of benzene rings is 2. The SMILES string of the molecule is CC(=O)Nc1ccc(NC(=O)CSCc2nc3ccccc3s2)cc1Cl. The van der Waals surface area contributed by atoms with Crippen LogP contribution in [0.3, 0.4) is 0 Å². The molecule has 0 aliphatic carbocycles. The first-order valence-electron chi connectivity index (χ1n) is 7.80. The van der Waals surface area contributed by atoms with E-state index >= 15 is 0 Å². The fourth-order valence-electron chi connectivity index (χ4n) is 2.29. The van der Waals surface area contributed by atoms with Gasteiger partial charge in [-0.3, -0.25) is 9.59 Å². The van der Waals surface area contributed by atoms with Crippen LogP contribution in [0.15, 0.2) is 42.5 Å². The van der Waals surface area contributed by atoms with Crippen molar-refractivity contribution >= 4 is 68.1 Å². The molecule has 2 aromatic carbocycles. The van der Waals surface area contributed by atoms with Crippen molar-refractivity contribution in [3.05, 3.63) is 52.5 Å². The van der Waals surface area contributed by atoms with Crippen LogP contribution in [-0.2, 0) is 15.3 Å². The number of fused-ring (bicyclic) bond motifs is 1. The van der Waals surface area contributed by atoms with Crippen molar-refractivity contribution in [1.29, 1.82) is 0 Å². The van der Waals surface area contributed by atoms with Crippen molar-refractivity contribution in [3.63, 3.8) is 0 Å². The normalized spacial score (nSPS) is 10.7. The van der Waals surface area contributed by atoms with Crippen LogP contribution in [0.5, 0.6) is 0 Å². The van der Waals surface area contributed by atoms with Crippen LogP contribution in [-0.4, -0.2) is 22.6 Å². The molecule has 0 saturated heterocycles. The van der Waals surface area contributed by atoms with Crippen LogP contribution < -0.4 is 10.6 Å². The van der Waals surface area contributed by atoms with Gasteiger partial charge in [-0.25, -0.2) is 4.98 Å². The van der Waals surface area contributed by atoms with E-state index in [1.807, 2.05) is 24.3 Å². The average molecular weight is 406 g/mol. The first kappa shape index (κ1) is 18.7. The molecule has 0 atom stereocenters. The Kier molecular flexibility index (Phi) is 6.13. The van der Waals surface area contributed by atoms with Crippen LogP contribution in [0.2, 0.25) is 5.02 Å². The van der Waals surface area contributed by atoms with Gasteiger partial charge in [0.05, 0.1) is 26.7 Å². The lowest BCUT2D eigenvalue weighted by atomic mass is 10.2. The number of hydrogen-bond donors (Lipinski definition) is 2. The minimum absolute atomic E-state index is 0.112. The Hall–Kier alpha value is -2.09. The lowest BCUT2D eigenvalue weighted by Crippen LogP contribution is -2.14. The molecule has 1 aromatic heterocycles. The van der Waals surface area contributed by atoms with E-state index in [9.17, 15) is 9.59 Å². The van der Waals surface area contributed by atoms with Crippen molar-refractivity contribution in [2.24, 2.45) is 0 Å². The fraction of sp³-hybridized carbons (Fsp3) is 0.167. The number of amides is 2. The number of nitrogens with one attached hydrogen (secondary N) is 2. The number of hydrogen-bond acceptors (Lipinski definition) is 5. The quantitative estimate of drug-likeness (QED) is 0.619. The van der Waals surface area contributed by atoms with Gasteiger partial charge in [-0.2, -0.15) is 0 Å². The highest BCUT2D eigenvalue weighted by atomic mass is 35.5. The zero-order valence-electron chi connectivity index (χ0n) is 13.9. The number of aromatic nitrogens is 1. The molecular weight excluding hydrogens is 390 g/mol. The lowest BCUT2D eigenvalue weighted by molar-refractivity contribution is -0.114. The van der Waals surface area contributed by atoms with E-state index in [-0.39, 0.29) is 11.8 Å². The number of halogens is 1. The van der Waals surface area contributed by atoms with E-state index in [1.54, 1.807) is 29.5 Å². The molecule has 3 rings (SSSR count). The zero-order valence-corrected chi connectivity index (χ0v) is 16.3. The maximum Gasteiger partial charge on any atom is 0.234 e. The summed E-state index contributed by atoms with van der Waals surface area (Å²) in [5.74, 6) is 0.699. The highest BCUT2D eigenvalue weighted by Gasteiger charge is 2.08. The van der Waals surface area contributed by atoms with E-state index in [4.69, 9.17) is 11.6 Å². The van der Waals surface area contributed by atoms with Crippen LogP contribution >= 0.6 is 34.7 Å². The van der Waals surface area contributed by atoms with E-state index in [2.05, 4.69) is 15.6 Å². The summed E-state index contributed by atoms with van der Waals surface area (Å²) >= 11 is 9.26. The molecule has 26 heavy (non-hydrogen) atoms. The Morgan fingerprint density at radius 3 is 2.73 bits per heavy atom. The largest absolute Gasteiger partial charge is 0.325 e. The highest BCUT2D eigenvalue weighted by Crippen LogP contribution is 2.26. The second kappa shape index (κ2) is 8.53. The molecule has 0 aliphatic heterocycles. The van der Waals surface area contributed by atoms with Crippen molar-refractivity contribution in [3.8, 4) is 0 Å². The number of anilines is 2. The summed E-state index contributed by atoms with van der Waals surface area (Å²) in [6.45, 7) is 1.41. The summed E-state index contributed by atoms with van der Waals surface area (Å²) in [7, 11) is 0. The summed E-state index contributed by atoms with van der Waals surface area (Å²) < 4.78 is 1.15. The minimum Gasteiger partial charge on any atom is -0.325 e. The molecular formula is C18H16ClN3O2S2. The molecule has 0 bridgehead atoms. The molecule has 5 nitrogen and oxygen atoms in total. The molecule has 0 radical (unpaired) electrons. The Morgan fingerprint density at radius 1 is 1.19 bits per heavy atom. The van der Waals surface area contributed by atoms with Gasteiger partial charge in [0, 0.05) is 18.4 Å². The minimum atomic E-state index is -0.199. The van der Waals surface area contributed by atoms with Gasteiger partial charge in [0.1, 0.15) is 5.01 Å². The topological polar surface area (TPSA) is 71.1 Å². The van der Waals surface area contributed by atoms with Crippen LogP contribution in [0.1, 0.15) is 11.9 Å². The third kappa shape index (κ3) is 4.97. The molecule has 0 spiro atoms. The molecule has 8 heteroatoms. The predicted octanol–water partition coefficient (Wildman–Crippen LogP) is 4.78. The Balaban J connectivity index is 1.50. The van der Waals surface area contributed by atoms with Gasteiger partial charge in [-0.05, 0) is 30.3 Å². The Bertz CT molecular complexity index is 926. The molecule has 1 heterocycles. The number of nitrogens with zero attached hydrogens (tertiary/aromatic N) is 1. The summed E-state index contributed by atoms with van der Waals surface area (Å²) in [6.07, 6.45) is 0. The number of carbonyl (C=O) groups is 2. The maximum absolute atomic E-state index is 12.1. The standard InChI is InChI=1S/C18H16ClN3O2S2/c1-11(23)20-14-7-6-12(8-13(14)19)21-17(24)9-25-10-18-22-15-4-2-3-5-16(15)26-18/h2-8H,9-10H2,1H3,(H,20,23)(H,21,24). The lowest BCUT2D eigenvalue weighted by Gasteiger charge is -2.09. The highest BCUT2D eigenvalue weighted by molar-refractivity contribution is 7.99. The zero-order chi connectivity index (χ0) is 18.5. The first-order chi connectivity index (χ1) is 12.5. The molecule has 0 fully saturated rings. The number of thiazole rings is 1. The van der Waals surface area contributed by atoms with Crippen molar-refractivity contribution in [1.82, 2.24) is 4.98 Å². The maximum atomic E-state index is 12.1. The second-order valence-electron chi connectivity index (χ2n) is 5.49. The fourth-order valence-corrected chi connectivity index (χ4v) is 4.37. The van der Waals surface area contributed by atoms with Crippen molar-refractivity contribution in [2.75, 3.05) is 16.4 Å². The van der Waals surface area contributed by atoms with Gasteiger partial charge in [-0.1, -0.05) is 23.7 Å². The average Bonchev–Trinajstić information content (AvgIpc) is 2.99. The van der Waals surface area contributed by atoms with Gasteiger partial charge in [-0.15, -0.1) is 23.1 Å². The van der Waals surface area contributed by atoms with E-state index in [0.29, 0.717) is 27.9 Å². The molecule has 0 saturated carbocycles. The number of carbonyl (C=O) groups excluding carboxylic acids is 2. The van der Waals surface area contributed by atoms with Gasteiger partial charge in [0.25, 0.3) is 0 Å². The van der Waals surface area contributed by atoms with Crippen molar-refractivity contribution in [2.45, 2.75) is 12.7 Å². The monoisotopic (exact) mass is 405 g/mol. The van der Waals surface area contributed by atoms with E-state index < -0.39 is 0 Å². The predicted molar refractivity (Wildman–Crippen MR) is 110 cm³/mol. The third-order valence-corrected chi connectivity index (χ3v) is 5.84. The van der Waals surface area contributed by atoms with Crippen LogP contribution in [0.4, 0.5) is 11.4 Å². The van der Waals surface area contributed by atoms with E-state index in [0.717, 1.165) is 15.2 Å². The third-order valence-electron chi connectivity index (χ3n) is 3.36. The summed E-state index contributed by atoms with van der Waals surface area (Å²) in [6, 6.07) is 13.0. The number of rotatable bonds is 6. The summed E-state index contributed by atoms with van der Waals surface area (Å²) in [4.78, 5) is 27.7. The van der Waals surface area contributed by atoms with Crippen LogP contribution in [0, 0.1) is 0 Å². The summed E-state index contributed by atoms with van der Waals surface area (Å²) in [5, 5.41) is 6.81. The van der Waals surface area contributed by atoms with Gasteiger partial charge in [0.15, 0.2) is 0 Å². The van der Waals surface area contributed by atoms with Crippen molar-refractivity contribution < 1.29 is 9.59 Å². The molecule has 134 valence electrons. The van der Waals surface area contributed by atoms with Gasteiger partial charge < -0.3 is 10.6 Å². The first-order valence-corrected chi connectivity index (χ1v) is 10.2. The smallest absolute Gasteiger partial charge is 0.234 e. The second-order valence-corrected chi connectivity index (χ2v) is 8.00.